The van der Waals surface area contributed by atoms with Crippen LogP contribution in [0, 0.1) is 23.0 Å². The number of nitrogens with zero attached hydrogens (tertiary/aromatic N) is 1. The quantitative estimate of drug-likeness (QED) is 0.560. The zero-order valence-electron chi connectivity index (χ0n) is 20.9. The number of carbonyl (C=O) groups is 3. The zero-order chi connectivity index (χ0) is 27.8. The van der Waals surface area contributed by atoms with E-state index in [1.54, 1.807) is 26.0 Å². The van der Waals surface area contributed by atoms with Gasteiger partial charge in [-0.25, -0.2) is 8.78 Å². The summed E-state index contributed by atoms with van der Waals surface area (Å²) in [7, 11) is 0. The van der Waals surface area contributed by atoms with E-state index in [1.165, 1.54) is 17.0 Å². The van der Waals surface area contributed by atoms with Crippen molar-refractivity contribution in [3.05, 3.63) is 70.8 Å². The number of carbonyl (C=O) groups excluding carboxylic acids is 3. The predicted octanol–water partition coefficient (Wildman–Crippen LogP) is 4.26. The lowest BCUT2D eigenvalue weighted by molar-refractivity contribution is -0.141. The molecule has 6 nitrogen and oxygen atoms in total. The number of hydrogen-bond donors (Lipinski definition) is 2. The maximum Gasteiger partial charge on any atom is 0.416 e. The maximum atomic E-state index is 14.2. The van der Waals surface area contributed by atoms with Gasteiger partial charge in [-0.15, -0.1) is 0 Å². The first kappa shape index (κ1) is 27.5. The van der Waals surface area contributed by atoms with Crippen molar-refractivity contribution >= 4 is 17.7 Å². The Kier molecular flexibility index (Phi) is 7.49. The second-order valence-corrected chi connectivity index (χ2v) is 10.2. The Hall–Kier alpha value is -3.50. The Morgan fingerprint density at radius 2 is 1.68 bits per heavy atom. The molecule has 0 aliphatic carbocycles. The van der Waals surface area contributed by atoms with Gasteiger partial charge in [0.2, 0.25) is 11.8 Å². The van der Waals surface area contributed by atoms with Crippen molar-refractivity contribution in [2.45, 2.75) is 44.8 Å². The lowest BCUT2D eigenvalue weighted by atomic mass is 9.68. The molecule has 2 atom stereocenters. The molecule has 4 rings (SSSR count). The topological polar surface area (TPSA) is 78.5 Å². The van der Waals surface area contributed by atoms with Crippen molar-refractivity contribution in [2.24, 2.45) is 11.3 Å². The lowest BCUT2D eigenvalue weighted by Gasteiger charge is -2.42. The van der Waals surface area contributed by atoms with Gasteiger partial charge >= 0.3 is 6.18 Å². The molecule has 0 saturated carbocycles. The lowest BCUT2D eigenvalue weighted by Crippen LogP contribution is -2.55. The number of rotatable bonds is 5. The minimum atomic E-state index is -4.77. The SMILES string of the molecule is CC(C)[C@@H](NC(=O)c1cc(C(F)(F)F)ccc1F)C(=O)N1CCC2(CC1)C(=O)NCC2c1ccc(F)cc1. The summed E-state index contributed by atoms with van der Waals surface area (Å²) in [4.78, 5) is 40.5. The molecule has 0 radical (unpaired) electrons. The van der Waals surface area contributed by atoms with Gasteiger partial charge in [0.1, 0.15) is 17.7 Å². The predicted molar refractivity (Wildman–Crippen MR) is 128 cm³/mol. The molecule has 2 aliphatic heterocycles. The summed E-state index contributed by atoms with van der Waals surface area (Å²) in [5.74, 6) is -3.88. The van der Waals surface area contributed by atoms with E-state index in [0.29, 0.717) is 37.6 Å². The summed E-state index contributed by atoms with van der Waals surface area (Å²) < 4.78 is 66.9. The molecule has 2 aliphatic rings. The number of piperidine rings is 1. The summed E-state index contributed by atoms with van der Waals surface area (Å²) >= 11 is 0. The number of nitrogens with one attached hydrogen (secondary N) is 2. The number of amides is 3. The molecular formula is C27H28F5N3O3. The number of hydrogen-bond acceptors (Lipinski definition) is 3. The van der Waals surface area contributed by atoms with E-state index in [9.17, 15) is 36.3 Å². The van der Waals surface area contributed by atoms with Crippen LogP contribution in [0.25, 0.3) is 0 Å². The third-order valence-corrected chi connectivity index (χ3v) is 7.58. The highest BCUT2D eigenvalue weighted by molar-refractivity contribution is 5.98. The van der Waals surface area contributed by atoms with Crippen LogP contribution in [-0.2, 0) is 15.8 Å². The highest BCUT2D eigenvalue weighted by atomic mass is 19.4. The van der Waals surface area contributed by atoms with E-state index < -0.39 is 52.3 Å². The molecule has 11 heteroatoms. The Bertz CT molecular complexity index is 1220. The summed E-state index contributed by atoms with van der Waals surface area (Å²) in [6.07, 6.45) is -4.08. The van der Waals surface area contributed by atoms with Gasteiger partial charge in [-0.2, -0.15) is 13.2 Å². The largest absolute Gasteiger partial charge is 0.416 e. The molecule has 2 heterocycles. The van der Waals surface area contributed by atoms with Crippen LogP contribution in [0.2, 0.25) is 0 Å². The van der Waals surface area contributed by atoms with Crippen molar-refractivity contribution in [3.8, 4) is 0 Å². The second kappa shape index (κ2) is 10.3. The number of alkyl halides is 3. The Morgan fingerprint density at radius 1 is 1.05 bits per heavy atom. The fraction of sp³-hybridized carbons (Fsp3) is 0.444. The summed E-state index contributed by atoms with van der Waals surface area (Å²) in [6, 6.07) is 6.40. The maximum absolute atomic E-state index is 14.2. The minimum absolute atomic E-state index is 0.132. The third-order valence-electron chi connectivity index (χ3n) is 7.58. The van der Waals surface area contributed by atoms with Crippen LogP contribution in [0.15, 0.2) is 42.5 Å². The summed E-state index contributed by atoms with van der Waals surface area (Å²) in [6.45, 7) is 4.13. The monoisotopic (exact) mass is 537 g/mol. The Balaban J connectivity index is 1.48. The van der Waals surface area contributed by atoms with Gasteiger partial charge in [0.15, 0.2) is 0 Å². The number of benzene rings is 2. The molecule has 2 N–H and O–H groups in total. The Labute approximate surface area is 216 Å². The normalized spacial score (nSPS) is 19.9. The van der Waals surface area contributed by atoms with Crippen LogP contribution in [0.1, 0.15) is 54.1 Å². The molecular weight excluding hydrogens is 509 g/mol. The van der Waals surface area contributed by atoms with E-state index in [4.69, 9.17) is 0 Å². The van der Waals surface area contributed by atoms with Crippen molar-refractivity contribution in [1.82, 2.24) is 15.5 Å². The summed E-state index contributed by atoms with van der Waals surface area (Å²) in [5, 5.41) is 5.29. The van der Waals surface area contributed by atoms with Crippen LogP contribution in [-0.4, -0.2) is 48.3 Å². The van der Waals surface area contributed by atoms with Crippen LogP contribution < -0.4 is 10.6 Å². The van der Waals surface area contributed by atoms with E-state index in [1.807, 2.05) is 0 Å². The van der Waals surface area contributed by atoms with Gasteiger partial charge in [-0.1, -0.05) is 26.0 Å². The van der Waals surface area contributed by atoms with Crippen molar-refractivity contribution in [3.63, 3.8) is 0 Å². The highest BCUT2D eigenvalue weighted by Crippen LogP contribution is 2.47. The van der Waals surface area contributed by atoms with E-state index in [2.05, 4.69) is 10.6 Å². The minimum Gasteiger partial charge on any atom is -0.355 e. The summed E-state index contributed by atoms with van der Waals surface area (Å²) in [5.41, 5.74) is -1.93. The molecule has 38 heavy (non-hydrogen) atoms. The fourth-order valence-corrected chi connectivity index (χ4v) is 5.36. The third kappa shape index (κ3) is 5.23. The zero-order valence-corrected chi connectivity index (χ0v) is 20.9. The van der Waals surface area contributed by atoms with E-state index >= 15 is 0 Å². The molecule has 3 amide bonds. The first-order valence-corrected chi connectivity index (χ1v) is 12.3. The van der Waals surface area contributed by atoms with Crippen LogP contribution in [0.5, 0.6) is 0 Å². The molecule has 2 aromatic rings. The molecule has 2 aromatic carbocycles. The average Bonchev–Trinajstić information content (AvgIpc) is 3.17. The smallest absolute Gasteiger partial charge is 0.355 e. The van der Waals surface area contributed by atoms with Gasteiger partial charge in [-0.05, 0) is 54.7 Å². The molecule has 1 spiro atoms. The molecule has 0 bridgehead atoms. The molecule has 204 valence electrons. The first-order chi connectivity index (χ1) is 17.8. The average molecular weight is 538 g/mol. The van der Waals surface area contributed by atoms with Crippen molar-refractivity contribution < 1.29 is 36.3 Å². The Morgan fingerprint density at radius 3 is 2.26 bits per heavy atom. The number of likely N-dealkylation sites (tertiary alicyclic amines) is 1. The van der Waals surface area contributed by atoms with E-state index in [-0.39, 0.29) is 30.7 Å². The van der Waals surface area contributed by atoms with Crippen molar-refractivity contribution in [2.75, 3.05) is 19.6 Å². The molecule has 2 fully saturated rings. The molecule has 0 aromatic heterocycles. The first-order valence-electron chi connectivity index (χ1n) is 12.3. The van der Waals surface area contributed by atoms with E-state index in [0.717, 1.165) is 5.56 Å². The van der Waals surface area contributed by atoms with Gasteiger partial charge in [0, 0.05) is 25.6 Å². The highest BCUT2D eigenvalue weighted by Gasteiger charge is 2.52. The van der Waals surface area contributed by atoms with Gasteiger partial charge in [0.25, 0.3) is 5.91 Å². The molecule has 2 saturated heterocycles. The fourth-order valence-electron chi connectivity index (χ4n) is 5.36. The van der Waals surface area contributed by atoms with Gasteiger partial charge < -0.3 is 15.5 Å². The van der Waals surface area contributed by atoms with Gasteiger partial charge in [0.05, 0.1) is 16.5 Å². The van der Waals surface area contributed by atoms with Crippen LogP contribution in [0.3, 0.4) is 0 Å². The number of halogens is 5. The molecule has 1 unspecified atom stereocenters. The van der Waals surface area contributed by atoms with Crippen LogP contribution in [0.4, 0.5) is 22.0 Å². The standard InChI is InChI=1S/C27H28F5N3O3/c1-15(2)22(34-23(36)19-13-17(27(30,31)32)5-8-21(19)29)24(37)35-11-9-26(10-12-35)20(14-33-25(26)38)16-3-6-18(28)7-4-16/h3-8,13,15,20,22H,9-12,14H2,1-2H3,(H,33,38)(H,34,36)/t20?,22-/m1/s1. The second-order valence-electron chi connectivity index (χ2n) is 10.2. The van der Waals surface area contributed by atoms with Crippen LogP contribution >= 0.6 is 0 Å². The van der Waals surface area contributed by atoms with Gasteiger partial charge in [-0.3, -0.25) is 14.4 Å². The van der Waals surface area contributed by atoms with Crippen molar-refractivity contribution in [1.29, 1.82) is 0 Å².